The van der Waals surface area contributed by atoms with E-state index in [1.54, 1.807) is 11.8 Å². The number of hydrogen-bond donors (Lipinski definition) is 2. The monoisotopic (exact) mass is 375 g/mol. The minimum atomic E-state index is -0.565. The minimum absolute atomic E-state index is 0.0733. The number of carbonyl (C=O) groups excluding carboxylic acids is 1. The van der Waals surface area contributed by atoms with Crippen LogP contribution < -0.4 is 15.4 Å². The van der Waals surface area contributed by atoms with Gasteiger partial charge < -0.3 is 15.4 Å². The summed E-state index contributed by atoms with van der Waals surface area (Å²) < 4.78 is 19.5. The van der Waals surface area contributed by atoms with Gasteiger partial charge in [-0.05, 0) is 56.8 Å². The molecule has 1 aromatic heterocycles. The molecule has 1 saturated heterocycles. The Labute approximate surface area is 156 Å². The van der Waals surface area contributed by atoms with Gasteiger partial charge >= 0.3 is 0 Å². The highest BCUT2D eigenvalue weighted by molar-refractivity contribution is 8.02. The van der Waals surface area contributed by atoms with Crippen LogP contribution in [0.4, 0.5) is 4.39 Å². The molecule has 26 heavy (non-hydrogen) atoms. The zero-order valence-electron chi connectivity index (χ0n) is 14.6. The van der Waals surface area contributed by atoms with Crippen LogP contribution in [-0.4, -0.2) is 36.3 Å². The van der Waals surface area contributed by atoms with Gasteiger partial charge in [-0.15, -0.1) is 11.8 Å². The summed E-state index contributed by atoms with van der Waals surface area (Å²) in [6.45, 7) is 1.72. The first kappa shape index (κ1) is 18.7. The zero-order chi connectivity index (χ0) is 18.4. The number of nitrogens with one attached hydrogen (secondary N) is 2. The fourth-order valence-electron chi connectivity index (χ4n) is 2.83. The molecular weight excluding hydrogens is 353 g/mol. The molecule has 1 amide bonds. The highest BCUT2D eigenvalue weighted by Crippen LogP contribution is 2.24. The van der Waals surface area contributed by atoms with Gasteiger partial charge in [0.15, 0.2) is 0 Å². The summed E-state index contributed by atoms with van der Waals surface area (Å²) in [5.74, 6) is -0.220. The molecule has 0 atom stereocenters. The van der Waals surface area contributed by atoms with E-state index in [4.69, 9.17) is 4.74 Å². The van der Waals surface area contributed by atoms with E-state index < -0.39 is 5.82 Å². The van der Waals surface area contributed by atoms with E-state index in [0.29, 0.717) is 12.2 Å². The van der Waals surface area contributed by atoms with Gasteiger partial charge in [-0.2, -0.15) is 0 Å². The van der Waals surface area contributed by atoms with Crippen molar-refractivity contribution in [3.8, 4) is 5.88 Å². The van der Waals surface area contributed by atoms with Crippen LogP contribution in [0.25, 0.3) is 0 Å². The van der Waals surface area contributed by atoms with Gasteiger partial charge in [-0.1, -0.05) is 12.2 Å². The average Bonchev–Trinajstić information content (AvgIpc) is 2.89. The molecule has 7 heteroatoms. The molecule has 138 valence electrons. The van der Waals surface area contributed by atoms with E-state index in [0.717, 1.165) is 37.0 Å². The van der Waals surface area contributed by atoms with Gasteiger partial charge in [0.05, 0.1) is 6.20 Å². The summed E-state index contributed by atoms with van der Waals surface area (Å²) in [7, 11) is 0. The van der Waals surface area contributed by atoms with Crippen molar-refractivity contribution in [1.82, 2.24) is 15.6 Å². The number of halogens is 1. The summed E-state index contributed by atoms with van der Waals surface area (Å²) in [4.78, 5) is 17.7. The van der Waals surface area contributed by atoms with Crippen LogP contribution in [0.1, 0.15) is 29.6 Å². The lowest BCUT2D eigenvalue weighted by Crippen LogP contribution is -2.42. The van der Waals surface area contributed by atoms with Gasteiger partial charge in [0.2, 0.25) is 5.88 Å². The van der Waals surface area contributed by atoms with Gasteiger partial charge in [-0.3, -0.25) is 4.79 Å². The first-order valence-corrected chi connectivity index (χ1v) is 9.85. The van der Waals surface area contributed by atoms with Crippen molar-refractivity contribution in [2.24, 2.45) is 0 Å². The maximum Gasteiger partial charge on any atom is 0.257 e. The molecule has 0 saturated carbocycles. The first-order chi connectivity index (χ1) is 12.7. The van der Waals surface area contributed by atoms with Gasteiger partial charge in [0.25, 0.3) is 5.91 Å². The lowest BCUT2D eigenvalue weighted by molar-refractivity contribution is 0.0925. The summed E-state index contributed by atoms with van der Waals surface area (Å²) in [5, 5.41) is 6.20. The number of piperidine rings is 1. The highest BCUT2D eigenvalue weighted by atomic mass is 32.2. The fraction of sp³-hybridized carbons (Fsp3) is 0.368. The Balaban J connectivity index is 1.79. The highest BCUT2D eigenvalue weighted by Gasteiger charge is 2.21. The maximum atomic E-state index is 13.7. The normalized spacial score (nSPS) is 17.9. The van der Waals surface area contributed by atoms with E-state index in [9.17, 15) is 9.18 Å². The third-order valence-corrected chi connectivity index (χ3v) is 4.93. The second-order valence-electron chi connectivity index (χ2n) is 6.10. The Morgan fingerprint density at radius 3 is 3.00 bits per heavy atom. The smallest absolute Gasteiger partial charge is 0.257 e. The van der Waals surface area contributed by atoms with Crippen molar-refractivity contribution in [2.75, 3.05) is 19.3 Å². The molecule has 0 unspecified atom stereocenters. The van der Waals surface area contributed by atoms with Crippen molar-refractivity contribution in [3.05, 3.63) is 58.6 Å². The lowest BCUT2D eigenvalue weighted by atomic mass is 10.1. The largest absolute Gasteiger partial charge is 0.438 e. The molecule has 0 spiro atoms. The number of carbonyl (C=O) groups is 1. The van der Waals surface area contributed by atoms with Gasteiger partial charge in [0.1, 0.15) is 17.1 Å². The average molecular weight is 375 g/mol. The van der Waals surface area contributed by atoms with E-state index in [-0.39, 0.29) is 23.4 Å². The van der Waals surface area contributed by atoms with Crippen molar-refractivity contribution in [3.63, 3.8) is 0 Å². The number of hydrogen-bond acceptors (Lipinski definition) is 5. The number of rotatable bonds is 5. The standard InChI is InChI=1S/C19H22FN3O2S/c1-26-16-5-3-2-4-15(11-16)25-19-17(10-13(20)12-22-19)18(24)23-14-6-8-21-9-7-14/h3-5,10-12,14,21H,2,6-9H2,1H3,(H,23,24). The molecule has 2 aliphatic rings. The quantitative estimate of drug-likeness (QED) is 0.828. The molecule has 0 bridgehead atoms. The lowest BCUT2D eigenvalue weighted by Gasteiger charge is -2.24. The molecule has 3 rings (SSSR count). The molecule has 5 nitrogen and oxygen atoms in total. The molecule has 2 heterocycles. The second-order valence-corrected chi connectivity index (χ2v) is 6.98. The topological polar surface area (TPSA) is 63.2 Å². The SMILES string of the molecule is CSC1=CC(Oc2ncc(F)cc2C(=O)NC2CCNCC2)=CCC=C1. The van der Waals surface area contributed by atoms with Crippen LogP contribution in [0.15, 0.2) is 47.2 Å². The molecule has 1 fully saturated rings. The second kappa shape index (κ2) is 9.00. The summed E-state index contributed by atoms with van der Waals surface area (Å²) in [5.41, 5.74) is 0.112. The van der Waals surface area contributed by atoms with Crippen LogP contribution in [-0.2, 0) is 0 Å². The molecule has 1 aromatic rings. The number of nitrogens with zero attached hydrogens (tertiary/aromatic N) is 1. The van der Waals surface area contributed by atoms with E-state index in [2.05, 4.69) is 15.6 Å². The molecule has 1 aliphatic heterocycles. The number of thioether (sulfide) groups is 1. The van der Waals surface area contributed by atoms with Crippen LogP contribution in [0.2, 0.25) is 0 Å². The van der Waals surface area contributed by atoms with E-state index in [1.165, 1.54) is 6.07 Å². The van der Waals surface area contributed by atoms with E-state index in [1.807, 2.05) is 30.6 Å². The zero-order valence-corrected chi connectivity index (χ0v) is 15.4. The number of ether oxygens (including phenoxy) is 1. The molecule has 0 radical (unpaired) electrons. The third kappa shape index (κ3) is 4.95. The molecule has 1 aliphatic carbocycles. The van der Waals surface area contributed by atoms with Crippen LogP contribution in [0.5, 0.6) is 5.88 Å². The maximum absolute atomic E-state index is 13.7. The Kier molecular flexibility index (Phi) is 6.46. The molecular formula is C19H22FN3O2S. The summed E-state index contributed by atoms with van der Waals surface area (Å²) in [6.07, 6.45) is 13.3. The van der Waals surface area contributed by atoms with Gasteiger partial charge in [0, 0.05) is 10.9 Å². The summed E-state index contributed by atoms with van der Waals surface area (Å²) >= 11 is 1.60. The van der Waals surface area contributed by atoms with Crippen molar-refractivity contribution >= 4 is 17.7 Å². The van der Waals surface area contributed by atoms with Crippen LogP contribution >= 0.6 is 11.8 Å². The van der Waals surface area contributed by atoms with Crippen LogP contribution in [0.3, 0.4) is 0 Å². The third-order valence-electron chi connectivity index (χ3n) is 4.21. The predicted octanol–water partition coefficient (Wildman–Crippen LogP) is 3.17. The van der Waals surface area contributed by atoms with Gasteiger partial charge in [-0.25, -0.2) is 9.37 Å². The number of amides is 1. The number of allylic oxidation sites excluding steroid dienone is 4. The number of aromatic nitrogens is 1. The van der Waals surface area contributed by atoms with E-state index >= 15 is 0 Å². The minimum Gasteiger partial charge on any atom is -0.438 e. The van der Waals surface area contributed by atoms with Crippen molar-refractivity contribution in [1.29, 1.82) is 0 Å². The first-order valence-electron chi connectivity index (χ1n) is 8.63. The predicted molar refractivity (Wildman–Crippen MR) is 102 cm³/mol. The fourth-order valence-corrected chi connectivity index (χ4v) is 3.29. The number of pyridine rings is 1. The Bertz CT molecular complexity index is 755. The molecule has 2 N–H and O–H groups in total. The Morgan fingerprint density at radius 1 is 1.42 bits per heavy atom. The molecule has 0 aromatic carbocycles. The Morgan fingerprint density at radius 2 is 2.23 bits per heavy atom. The Hall–Kier alpha value is -2.12. The van der Waals surface area contributed by atoms with Crippen molar-refractivity contribution in [2.45, 2.75) is 25.3 Å². The van der Waals surface area contributed by atoms with Crippen molar-refractivity contribution < 1.29 is 13.9 Å². The van der Waals surface area contributed by atoms with Crippen LogP contribution in [0, 0.1) is 5.82 Å². The summed E-state index contributed by atoms with van der Waals surface area (Å²) in [6, 6.07) is 1.25.